The van der Waals surface area contributed by atoms with Crippen LogP contribution in [0.2, 0.25) is 5.02 Å². The maximum Gasteiger partial charge on any atom is 0.297 e. The predicted molar refractivity (Wildman–Crippen MR) is 118 cm³/mol. The van der Waals surface area contributed by atoms with Gasteiger partial charge in [-0.2, -0.15) is 4.98 Å². The first-order chi connectivity index (χ1) is 14.7. The van der Waals surface area contributed by atoms with Crippen LogP contribution in [0.3, 0.4) is 0 Å². The molecule has 1 amide bonds. The molecule has 31 heavy (non-hydrogen) atoms. The third-order valence-electron chi connectivity index (χ3n) is 6.00. The number of ether oxygens (including phenoxy) is 3. The van der Waals surface area contributed by atoms with Crippen molar-refractivity contribution in [2.45, 2.75) is 83.1 Å². The Bertz CT molecular complexity index is 951. The van der Waals surface area contributed by atoms with Crippen LogP contribution in [-0.4, -0.2) is 50.9 Å². The summed E-state index contributed by atoms with van der Waals surface area (Å²) in [4.78, 5) is 20.1. The van der Waals surface area contributed by atoms with Crippen LogP contribution in [-0.2, 0) is 16.6 Å². The van der Waals surface area contributed by atoms with Crippen molar-refractivity contribution in [3.05, 3.63) is 11.2 Å². The van der Waals surface area contributed by atoms with E-state index < -0.39 is 0 Å². The van der Waals surface area contributed by atoms with E-state index in [1.807, 2.05) is 18.5 Å². The number of carbonyl (C=O) groups excluding carboxylic acids is 1. The van der Waals surface area contributed by atoms with E-state index in [1.165, 1.54) is 6.92 Å². The second-order valence-electron chi connectivity index (χ2n) is 9.07. The predicted octanol–water partition coefficient (Wildman–Crippen LogP) is 3.78. The number of rotatable bonds is 8. The molecular weight excluding hydrogens is 420 g/mol. The lowest BCUT2D eigenvalue weighted by Gasteiger charge is -2.29. The zero-order valence-corrected chi connectivity index (χ0v) is 19.4. The highest BCUT2D eigenvalue weighted by Gasteiger charge is 2.41. The van der Waals surface area contributed by atoms with Gasteiger partial charge in [0, 0.05) is 20.0 Å². The van der Waals surface area contributed by atoms with Gasteiger partial charge in [-0.15, -0.1) is 0 Å². The van der Waals surface area contributed by atoms with Gasteiger partial charge in [-0.1, -0.05) is 11.6 Å². The zero-order chi connectivity index (χ0) is 22.2. The van der Waals surface area contributed by atoms with Gasteiger partial charge >= 0.3 is 0 Å². The van der Waals surface area contributed by atoms with Crippen molar-refractivity contribution in [3.63, 3.8) is 0 Å². The molecule has 2 aromatic rings. The van der Waals surface area contributed by atoms with E-state index >= 15 is 0 Å². The summed E-state index contributed by atoms with van der Waals surface area (Å²) < 4.78 is 20.0. The number of halogens is 1. The Kier molecular flexibility index (Phi) is 6.30. The largest absolute Gasteiger partial charge is 0.470 e. The molecular formula is C22H31ClN4O4. The molecule has 0 radical (unpaired) electrons. The normalized spacial score (nSPS) is 23.4. The molecule has 4 rings (SSSR count). The van der Waals surface area contributed by atoms with Crippen LogP contribution in [0.25, 0.3) is 11.0 Å². The van der Waals surface area contributed by atoms with E-state index in [9.17, 15) is 4.79 Å². The number of aromatic nitrogens is 3. The first-order valence-electron chi connectivity index (χ1n) is 11.0. The number of nitrogens with one attached hydrogen (secondary N) is 1. The van der Waals surface area contributed by atoms with Gasteiger partial charge in [0.25, 0.3) is 6.01 Å². The Labute approximate surface area is 187 Å². The summed E-state index contributed by atoms with van der Waals surface area (Å²) in [6.45, 7) is 6.05. The number of hydrogen-bond acceptors (Lipinski definition) is 6. The molecule has 0 spiro atoms. The standard InChI is InChI=1S/C22H31ClN4O4/c1-13(25-14(2)28)12-29-15-5-7-16(8-6-15)30-21-26-17-11-24-20(31-22(3)9-10-22)18(23)19(17)27(21)4/h11,13,15-16H,5-10,12H2,1-4H3,(H,25,28)/t13-,15-,16-/m0/s1. The number of hydrogen-bond donors (Lipinski definition) is 1. The number of imidazole rings is 1. The van der Waals surface area contributed by atoms with Crippen molar-refractivity contribution < 1.29 is 19.0 Å². The van der Waals surface area contributed by atoms with E-state index in [0.717, 1.165) is 44.0 Å². The molecule has 2 aliphatic rings. The molecule has 2 fully saturated rings. The van der Waals surface area contributed by atoms with Crippen LogP contribution < -0.4 is 14.8 Å². The molecule has 2 aliphatic carbocycles. The third-order valence-corrected chi connectivity index (χ3v) is 6.34. The number of fused-ring (bicyclic) bond motifs is 1. The van der Waals surface area contributed by atoms with Gasteiger partial charge in [-0.3, -0.25) is 9.36 Å². The lowest BCUT2D eigenvalue weighted by Crippen LogP contribution is -2.37. The molecule has 2 aromatic heterocycles. The number of aryl methyl sites for hydroxylation is 1. The van der Waals surface area contributed by atoms with E-state index in [1.54, 1.807) is 6.20 Å². The van der Waals surface area contributed by atoms with Crippen LogP contribution in [0, 0.1) is 0 Å². The summed E-state index contributed by atoms with van der Waals surface area (Å²) in [6, 6.07) is 0.554. The van der Waals surface area contributed by atoms with Gasteiger partial charge in [-0.05, 0) is 52.4 Å². The molecule has 2 saturated carbocycles. The Morgan fingerprint density at radius 1 is 1.32 bits per heavy atom. The van der Waals surface area contributed by atoms with Crippen LogP contribution >= 0.6 is 11.6 Å². The van der Waals surface area contributed by atoms with E-state index in [0.29, 0.717) is 29.0 Å². The van der Waals surface area contributed by atoms with Crippen molar-refractivity contribution in [3.8, 4) is 11.9 Å². The van der Waals surface area contributed by atoms with Gasteiger partial charge < -0.3 is 19.5 Å². The molecule has 0 unspecified atom stereocenters. The van der Waals surface area contributed by atoms with Crippen molar-refractivity contribution in [2.24, 2.45) is 7.05 Å². The average Bonchev–Trinajstić information content (AvgIpc) is 3.36. The minimum absolute atomic E-state index is 0.0150. The fourth-order valence-electron chi connectivity index (χ4n) is 3.95. The Morgan fingerprint density at radius 2 is 2.00 bits per heavy atom. The quantitative estimate of drug-likeness (QED) is 0.658. The van der Waals surface area contributed by atoms with Gasteiger partial charge in [0.15, 0.2) is 0 Å². The van der Waals surface area contributed by atoms with Crippen molar-refractivity contribution in [1.82, 2.24) is 19.9 Å². The van der Waals surface area contributed by atoms with Crippen molar-refractivity contribution in [1.29, 1.82) is 0 Å². The second kappa shape index (κ2) is 8.82. The van der Waals surface area contributed by atoms with Gasteiger partial charge in [-0.25, -0.2) is 4.98 Å². The van der Waals surface area contributed by atoms with Gasteiger partial charge in [0.05, 0.1) is 24.4 Å². The smallest absolute Gasteiger partial charge is 0.297 e. The average molecular weight is 451 g/mol. The topological polar surface area (TPSA) is 87.5 Å². The van der Waals surface area contributed by atoms with E-state index in [4.69, 9.17) is 25.8 Å². The Hall–Kier alpha value is -2.06. The number of nitrogens with zero attached hydrogens (tertiary/aromatic N) is 3. The monoisotopic (exact) mass is 450 g/mol. The molecule has 0 aromatic carbocycles. The lowest BCUT2D eigenvalue weighted by atomic mass is 9.95. The number of amides is 1. The van der Waals surface area contributed by atoms with Crippen LogP contribution in [0.5, 0.6) is 11.9 Å². The fourth-order valence-corrected chi connectivity index (χ4v) is 4.26. The summed E-state index contributed by atoms with van der Waals surface area (Å²) in [5.41, 5.74) is 1.32. The molecule has 0 saturated heterocycles. The van der Waals surface area contributed by atoms with Crippen LogP contribution in [0.15, 0.2) is 6.20 Å². The maximum atomic E-state index is 11.1. The van der Waals surface area contributed by atoms with Crippen molar-refractivity contribution >= 4 is 28.5 Å². The molecule has 2 heterocycles. The summed E-state index contributed by atoms with van der Waals surface area (Å²) in [6.07, 6.45) is 7.61. The highest BCUT2D eigenvalue weighted by Crippen LogP contribution is 2.42. The first-order valence-corrected chi connectivity index (χ1v) is 11.4. The van der Waals surface area contributed by atoms with E-state index in [-0.39, 0.29) is 29.8 Å². The van der Waals surface area contributed by atoms with Gasteiger partial charge in [0.2, 0.25) is 11.8 Å². The number of pyridine rings is 1. The SMILES string of the molecule is CC(=O)N[C@@H](C)CO[C@H]1CC[C@H](Oc2nc3cnc(OC4(C)CC4)c(Cl)c3n2C)CC1. The summed E-state index contributed by atoms with van der Waals surface area (Å²) >= 11 is 6.60. The molecule has 1 N–H and O–H groups in total. The minimum atomic E-state index is -0.150. The maximum absolute atomic E-state index is 11.1. The Morgan fingerprint density at radius 3 is 2.65 bits per heavy atom. The lowest BCUT2D eigenvalue weighted by molar-refractivity contribution is -0.120. The van der Waals surface area contributed by atoms with Crippen molar-refractivity contribution in [2.75, 3.05) is 6.61 Å². The highest BCUT2D eigenvalue weighted by molar-refractivity contribution is 6.36. The summed E-state index contributed by atoms with van der Waals surface area (Å²) in [7, 11) is 1.90. The first kappa shape index (κ1) is 22.1. The van der Waals surface area contributed by atoms with Gasteiger partial charge in [0.1, 0.15) is 22.2 Å². The second-order valence-corrected chi connectivity index (χ2v) is 9.45. The molecule has 0 aliphatic heterocycles. The third kappa shape index (κ3) is 5.23. The van der Waals surface area contributed by atoms with E-state index in [2.05, 4.69) is 22.2 Å². The Balaban J connectivity index is 1.34. The zero-order valence-electron chi connectivity index (χ0n) is 18.6. The fraction of sp³-hybridized carbons (Fsp3) is 0.682. The summed E-state index contributed by atoms with van der Waals surface area (Å²) in [5.74, 6) is 0.418. The molecule has 8 nitrogen and oxygen atoms in total. The minimum Gasteiger partial charge on any atom is -0.470 e. The summed E-state index contributed by atoms with van der Waals surface area (Å²) in [5, 5.41) is 3.32. The molecule has 170 valence electrons. The highest BCUT2D eigenvalue weighted by atomic mass is 35.5. The molecule has 0 bridgehead atoms. The van der Waals surface area contributed by atoms with Crippen LogP contribution in [0.1, 0.15) is 59.3 Å². The number of carbonyl (C=O) groups is 1. The molecule has 1 atom stereocenters. The molecule has 9 heteroatoms. The van der Waals surface area contributed by atoms with Crippen LogP contribution in [0.4, 0.5) is 0 Å².